The number of esters is 1. The zero-order chi connectivity index (χ0) is 15.4. The Morgan fingerprint density at radius 1 is 1.15 bits per heavy atom. The first kappa shape index (κ1) is 15.9. The average molecular weight is 290 g/mol. The van der Waals surface area contributed by atoms with Gasteiger partial charge in [0.1, 0.15) is 5.57 Å². The van der Waals surface area contributed by atoms with Crippen LogP contribution < -0.4 is 0 Å². The second kappa shape index (κ2) is 6.31. The second-order valence-corrected chi connectivity index (χ2v) is 3.60. The third-order valence-corrected chi connectivity index (χ3v) is 2.38. The summed E-state index contributed by atoms with van der Waals surface area (Å²) in [5, 5.41) is 0. The third kappa shape index (κ3) is 2.87. The van der Waals surface area contributed by atoms with E-state index in [1.165, 1.54) is 13.8 Å². The Bertz CT molecular complexity index is 594. The molecule has 0 fully saturated rings. The van der Waals surface area contributed by atoms with Gasteiger partial charge in [0.25, 0.3) is 0 Å². The molecular weight excluding hydrogens is 280 g/mol. The van der Waals surface area contributed by atoms with Crippen molar-refractivity contribution >= 4 is 11.8 Å². The number of rotatable bonds is 4. The Morgan fingerprint density at radius 2 is 1.75 bits per heavy atom. The van der Waals surface area contributed by atoms with Crippen LogP contribution in [0.3, 0.4) is 0 Å². The highest BCUT2D eigenvalue weighted by Gasteiger charge is 2.27. The van der Waals surface area contributed by atoms with Gasteiger partial charge in [-0.05, 0) is 19.9 Å². The van der Waals surface area contributed by atoms with E-state index < -0.39 is 46.2 Å². The summed E-state index contributed by atoms with van der Waals surface area (Å²) in [7, 11) is 0. The lowest BCUT2D eigenvalue weighted by Gasteiger charge is -2.08. The Balaban J connectivity index is 3.31. The van der Waals surface area contributed by atoms with Gasteiger partial charge in [-0.2, -0.15) is 0 Å². The number of ketones is 1. The highest BCUT2D eigenvalue weighted by molar-refractivity contribution is 6.24. The van der Waals surface area contributed by atoms with Gasteiger partial charge in [-0.1, -0.05) is 6.08 Å². The van der Waals surface area contributed by atoms with E-state index in [0.717, 1.165) is 6.08 Å². The molecule has 1 rings (SSSR count). The predicted molar refractivity (Wildman–Crippen MR) is 61.0 cm³/mol. The van der Waals surface area contributed by atoms with Crippen molar-refractivity contribution < 1.29 is 31.9 Å². The Kier molecular flexibility index (Phi) is 5.01. The zero-order valence-corrected chi connectivity index (χ0v) is 10.6. The van der Waals surface area contributed by atoms with Crippen molar-refractivity contribution in [3.05, 3.63) is 46.5 Å². The number of ether oxygens (including phenoxy) is 1. The molecular formula is C13H10F4O3. The van der Waals surface area contributed by atoms with E-state index in [0.29, 0.717) is 0 Å². The van der Waals surface area contributed by atoms with Crippen molar-refractivity contribution in [3.8, 4) is 0 Å². The minimum atomic E-state index is -2.12. The number of hydrogen-bond donors (Lipinski definition) is 0. The molecule has 0 aliphatic carbocycles. The van der Waals surface area contributed by atoms with Crippen LogP contribution in [0.5, 0.6) is 0 Å². The molecule has 0 saturated carbocycles. The van der Waals surface area contributed by atoms with Crippen LogP contribution >= 0.6 is 0 Å². The van der Waals surface area contributed by atoms with Crippen LogP contribution in [0.2, 0.25) is 0 Å². The number of carbonyl (C=O) groups is 2. The van der Waals surface area contributed by atoms with Crippen LogP contribution in [0, 0.1) is 23.3 Å². The van der Waals surface area contributed by atoms with E-state index in [-0.39, 0.29) is 12.7 Å². The lowest BCUT2D eigenvalue weighted by molar-refractivity contribution is -0.138. The molecule has 0 atom stereocenters. The lowest BCUT2D eigenvalue weighted by Crippen LogP contribution is -2.18. The maximum Gasteiger partial charge on any atom is 0.341 e. The van der Waals surface area contributed by atoms with E-state index in [4.69, 9.17) is 0 Å². The number of Topliss-reactive ketones (excluding diaryl/α,β-unsaturated/α-hetero) is 1. The fourth-order valence-corrected chi connectivity index (χ4v) is 1.43. The molecule has 0 aromatic heterocycles. The first-order chi connectivity index (χ1) is 9.34. The molecule has 108 valence electrons. The monoisotopic (exact) mass is 290 g/mol. The highest BCUT2D eigenvalue weighted by atomic mass is 19.2. The fraction of sp³-hybridized carbons (Fsp3) is 0.231. The topological polar surface area (TPSA) is 43.4 Å². The molecule has 3 nitrogen and oxygen atoms in total. The maximum atomic E-state index is 13.5. The molecule has 0 aliphatic heterocycles. The summed E-state index contributed by atoms with van der Waals surface area (Å²) in [5.41, 5.74) is -1.68. The van der Waals surface area contributed by atoms with Crippen LogP contribution in [-0.2, 0) is 9.53 Å². The number of hydrogen-bond acceptors (Lipinski definition) is 3. The van der Waals surface area contributed by atoms with Crippen LogP contribution in [0.1, 0.15) is 24.2 Å². The Morgan fingerprint density at radius 3 is 2.25 bits per heavy atom. The molecule has 0 heterocycles. The molecule has 1 aromatic rings. The lowest BCUT2D eigenvalue weighted by atomic mass is 10.0. The summed E-state index contributed by atoms with van der Waals surface area (Å²) in [4.78, 5) is 23.3. The molecule has 0 bridgehead atoms. The third-order valence-electron chi connectivity index (χ3n) is 2.38. The number of halogens is 4. The number of carbonyl (C=O) groups excluding carboxylic acids is 2. The fourth-order valence-electron chi connectivity index (χ4n) is 1.43. The van der Waals surface area contributed by atoms with Crippen molar-refractivity contribution in [1.82, 2.24) is 0 Å². The van der Waals surface area contributed by atoms with Crippen molar-refractivity contribution in [2.45, 2.75) is 13.8 Å². The second-order valence-electron chi connectivity index (χ2n) is 3.60. The number of allylic oxidation sites excluding steroid dienone is 1. The van der Waals surface area contributed by atoms with E-state index in [1.807, 2.05) is 0 Å². The summed E-state index contributed by atoms with van der Waals surface area (Å²) in [5.74, 6) is -10.1. The van der Waals surface area contributed by atoms with Gasteiger partial charge in [-0.3, -0.25) is 4.79 Å². The largest absolute Gasteiger partial charge is 0.462 e. The molecule has 0 radical (unpaired) electrons. The van der Waals surface area contributed by atoms with Crippen LogP contribution in [0.4, 0.5) is 17.6 Å². The predicted octanol–water partition coefficient (Wildman–Crippen LogP) is 2.94. The molecule has 0 aliphatic rings. The standard InChI is InChI=1S/C13H10F4O3/c1-3-6(13(19)20-4-2)12(18)7-5-8(14)10(16)11(17)9(7)15/h3,5H,4H2,1-2H3/b6-3-. The van der Waals surface area contributed by atoms with Gasteiger partial charge in [0.05, 0.1) is 12.2 Å². The molecule has 0 saturated heterocycles. The normalized spacial score (nSPS) is 11.4. The summed E-state index contributed by atoms with van der Waals surface area (Å²) in [6.45, 7) is 2.73. The summed E-state index contributed by atoms with van der Waals surface area (Å²) < 4.78 is 56.9. The van der Waals surface area contributed by atoms with Crippen molar-refractivity contribution in [3.63, 3.8) is 0 Å². The van der Waals surface area contributed by atoms with E-state index in [9.17, 15) is 27.2 Å². The first-order valence-corrected chi connectivity index (χ1v) is 5.56. The molecule has 7 heteroatoms. The summed E-state index contributed by atoms with van der Waals surface area (Å²) in [6.07, 6.45) is 1.01. The Hall–Kier alpha value is -2.18. The van der Waals surface area contributed by atoms with E-state index >= 15 is 0 Å². The van der Waals surface area contributed by atoms with Crippen molar-refractivity contribution in [2.24, 2.45) is 0 Å². The summed E-state index contributed by atoms with van der Waals surface area (Å²) >= 11 is 0. The van der Waals surface area contributed by atoms with Gasteiger partial charge in [0, 0.05) is 0 Å². The van der Waals surface area contributed by atoms with Gasteiger partial charge in [0.15, 0.2) is 23.3 Å². The first-order valence-electron chi connectivity index (χ1n) is 5.56. The molecule has 20 heavy (non-hydrogen) atoms. The maximum absolute atomic E-state index is 13.5. The van der Waals surface area contributed by atoms with Gasteiger partial charge in [0.2, 0.25) is 5.78 Å². The summed E-state index contributed by atoms with van der Waals surface area (Å²) in [6, 6.07) is 0.193. The quantitative estimate of drug-likeness (QED) is 0.125. The van der Waals surface area contributed by atoms with E-state index in [2.05, 4.69) is 4.74 Å². The van der Waals surface area contributed by atoms with Crippen LogP contribution in [0.15, 0.2) is 17.7 Å². The van der Waals surface area contributed by atoms with Gasteiger partial charge >= 0.3 is 5.97 Å². The highest BCUT2D eigenvalue weighted by Crippen LogP contribution is 2.21. The van der Waals surface area contributed by atoms with Gasteiger partial charge in [-0.15, -0.1) is 0 Å². The zero-order valence-electron chi connectivity index (χ0n) is 10.6. The molecule has 0 unspecified atom stereocenters. The van der Waals surface area contributed by atoms with Crippen molar-refractivity contribution in [1.29, 1.82) is 0 Å². The molecule has 1 aromatic carbocycles. The molecule has 0 N–H and O–H groups in total. The van der Waals surface area contributed by atoms with Gasteiger partial charge < -0.3 is 4.74 Å². The van der Waals surface area contributed by atoms with Gasteiger partial charge in [-0.25, -0.2) is 22.4 Å². The van der Waals surface area contributed by atoms with Crippen LogP contribution in [0.25, 0.3) is 0 Å². The average Bonchev–Trinajstić information content (AvgIpc) is 2.41. The minimum absolute atomic E-state index is 0.0436. The number of benzene rings is 1. The SMILES string of the molecule is C/C=C(\C(=O)OCC)C(=O)c1cc(F)c(F)c(F)c1F. The smallest absolute Gasteiger partial charge is 0.341 e. The molecule has 0 spiro atoms. The Labute approximate surface area is 111 Å². The van der Waals surface area contributed by atoms with Crippen LogP contribution in [-0.4, -0.2) is 18.4 Å². The minimum Gasteiger partial charge on any atom is -0.462 e. The van der Waals surface area contributed by atoms with E-state index in [1.54, 1.807) is 0 Å². The van der Waals surface area contributed by atoms with Crippen molar-refractivity contribution in [2.75, 3.05) is 6.61 Å². The molecule has 0 amide bonds.